The second-order valence-corrected chi connectivity index (χ2v) is 12.2. The number of carbonyl (C=O) groups is 2. The number of amides is 2. The minimum Gasteiger partial charge on any atom is -0.376 e. The minimum atomic E-state index is -1.11. The molecule has 6 rings (SSSR count). The van der Waals surface area contributed by atoms with E-state index >= 15 is 0 Å². The first-order valence-electron chi connectivity index (χ1n) is 14.6. The molecule has 3 N–H and O–H groups in total. The van der Waals surface area contributed by atoms with Gasteiger partial charge in [-0.1, -0.05) is 6.58 Å². The number of ether oxygens (including phenoxy) is 2. The number of guanidine groups is 1. The molecule has 6 atom stereocenters. The molecule has 0 aliphatic carbocycles. The molecule has 13 heteroatoms. The van der Waals surface area contributed by atoms with Crippen molar-refractivity contribution in [3.05, 3.63) is 71.1 Å². The van der Waals surface area contributed by atoms with Crippen LogP contribution in [0, 0.1) is 37.3 Å². The number of pyridine rings is 2. The van der Waals surface area contributed by atoms with Gasteiger partial charge in [-0.3, -0.25) is 24.5 Å². The molecule has 236 valence electrons. The molecular formula is C31H39F2N7O4. The molecule has 3 fully saturated rings. The van der Waals surface area contributed by atoms with Crippen molar-refractivity contribution in [2.24, 2.45) is 22.6 Å². The highest BCUT2D eigenvalue weighted by molar-refractivity contribution is 6.00. The van der Waals surface area contributed by atoms with Gasteiger partial charge in [-0.25, -0.2) is 13.8 Å². The highest BCUT2D eigenvalue weighted by Crippen LogP contribution is 2.46. The predicted molar refractivity (Wildman–Crippen MR) is 158 cm³/mol. The molecule has 0 spiro atoms. The van der Waals surface area contributed by atoms with E-state index in [-0.39, 0.29) is 43.2 Å². The van der Waals surface area contributed by atoms with Crippen molar-refractivity contribution in [2.75, 3.05) is 27.3 Å². The Labute approximate surface area is 255 Å². The maximum atomic E-state index is 14.5. The van der Waals surface area contributed by atoms with E-state index in [0.29, 0.717) is 41.2 Å². The normalized spacial score (nSPS) is 31.7. The molecule has 4 aliphatic rings. The number of carbonyl (C=O) groups excluding carboxylic acids is 2. The van der Waals surface area contributed by atoms with E-state index in [1.54, 1.807) is 40.1 Å². The van der Waals surface area contributed by atoms with Gasteiger partial charge in [-0.2, -0.15) is 0 Å². The van der Waals surface area contributed by atoms with E-state index in [0.717, 1.165) is 6.20 Å². The van der Waals surface area contributed by atoms with E-state index in [1.807, 2.05) is 13.8 Å². The molecule has 44 heavy (non-hydrogen) atoms. The van der Waals surface area contributed by atoms with Crippen LogP contribution < -0.4 is 11.1 Å². The van der Waals surface area contributed by atoms with Gasteiger partial charge >= 0.3 is 0 Å². The zero-order chi connectivity index (χ0) is 32.1. The molecule has 2 aromatic rings. The second kappa shape index (κ2) is 11.5. The predicted octanol–water partition coefficient (Wildman–Crippen LogP) is 2.62. The fraction of sp³-hybridized carbons (Fsp3) is 0.516. The Morgan fingerprint density at radius 3 is 2.07 bits per heavy atom. The average molecular weight is 612 g/mol. The summed E-state index contributed by atoms with van der Waals surface area (Å²) in [7, 11) is 3.26. The van der Waals surface area contributed by atoms with Crippen molar-refractivity contribution in [3.63, 3.8) is 0 Å². The van der Waals surface area contributed by atoms with Crippen LogP contribution in [0.1, 0.15) is 49.2 Å². The summed E-state index contributed by atoms with van der Waals surface area (Å²) in [6, 6.07) is 3.30. The van der Waals surface area contributed by atoms with E-state index in [2.05, 4.69) is 26.9 Å². The molecule has 0 unspecified atom stereocenters. The molecule has 11 nitrogen and oxygen atoms in total. The van der Waals surface area contributed by atoms with Crippen molar-refractivity contribution in [2.45, 2.75) is 63.8 Å². The van der Waals surface area contributed by atoms with Crippen molar-refractivity contribution in [1.82, 2.24) is 25.1 Å². The number of rotatable bonds is 2. The number of aromatic nitrogens is 2. The maximum Gasteiger partial charge on any atom is 0.235 e. The largest absolute Gasteiger partial charge is 0.376 e. The third kappa shape index (κ3) is 5.21. The zero-order valence-electron chi connectivity index (χ0n) is 25.9. The number of nitrogens with one attached hydrogen (secondary N) is 1. The fourth-order valence-electron chi connectivity index (χ4n) is 6.54. The fourth-order valence-corrected chi connectivity index (χ4v) is 6.54. The molecule has 6 heterocycles. The lowest BCUT2D eigenvalue weighted by Gasteiger charge is -2.51. The van der Waals surface area contributed by atoms with Crippen molar-refractivity contribution >= 4 is 17.8 Å². The third-order valence-corrected chi connectivity index (χ3v) is 9.11. The number of nitrogens with two attached hydrogens (primary N) is 1. The van der Waals surface area contributed by atoms with Crippen molar-refractivity contribution < 1.29 is 27.8 Å². The number of hydrogen-bond acceptors (Lipinski definition) is 9. The first-order valence-corrected chi connectivity index (χ1v) is 14.6. The van der Waals surface area contributed by atoms with Gasteiger partial charge < -0.3 is 25.4 Å². The van der Waals surface area contributed by atoms with Gasteiger partial charge in [0.15, 0.2) is 5.96 Å². The minimum absolute atomic E-state index is 0.0466. The quantitative estimate of drug-likeness (QED) is 0.529. The molecule has 0 saturated carbocycles. The summed E-state index contributed by atoms with van der Waals surface area (Å²) in [5.41, 5.74) is 5.93. The SMILES string of the molecule is C=C1N[C@@]2(c3cc(C)ncc3F)CO[C@@H](C)C[C@H]2C(=O)N1C.Cc1cc([C@]23CO[C@@H](C)C[C@H]2C(=O)N(C)C(N)=N3)c(F)cn1. The van der Waals surface area contributed by atoms with Crippen LogP contribution in [0.2, 0.25) is 0 Å². The van der Waals surface area contributed by atoms with E-state index < -0.39 is 34.5 Å². The van der Waals surface area contributed by atoms with E-state index in [1.165, 1.54) is 16.0 Å². The summed E-state index contributed by atoms with van der Waals surface area (Å²) in [5.74, 6) is -1.52. The summed E-state index contributed by atoms with van der Waals surface area (Å²) < 4.78 is 40.4. The van der Waals surface area contributed by atoms with Crippen LogP contribution in [0.3, 0.4) is 0 Å². The second-order valence-electron chi connectivity index (χ2n) is 12.2. The summed E-state index contributed by atoms with van der Waals surface area (Å²) >= 11 is 0. The number of aryl methyl sites for hydroxylation is 2. The monoisotopic (exact) mass is 611 g/mol. The smallest absolute Gasteiger partial charge is 0.235 e. The lowest BCUT2D eigenvalue weighted by atomic mass is 9.72. The first-order chi connectivity index (χ1) is 20.7. The molecule has 2 aromatic heterocycles. The Balaban J connectivity index is 0.000000175. The lowest BCUT2D eigenvalue weighted by Crippen LogP contribution is -2.65. The molecule has 3 saturated heterocycles. The Morgan fingerprint density at radius 2 is 1.43 bits per heavy atom. The van der Waals surface area contributed by atoms with Gasteiger partial charge in [0, 0.05) is 36.6 Å². The number of aliphatic imine (C=N–C) groups is 1. The third-order valence-electron chi connectivity index (χ3n) is 9.11. The van der Waals surface area contributed by atoms with E-state index in [9.17, 15) is 18.4 Å². The van der Waals surface area contributed by atoms with Crippen LogP contribution in [0.25, 0.3) is 0 Å². The molecular weight excluding hydrogens is 572 g/mol. The Morgan fingerprint density at radius 1 is 0.909 bits per heavy atom. The number of fused-ring (bicyclic) bond motifs is 2. The number of halogens is 2. The lowest BCUT2D eigenvalue weighted by molar-refractivity contribution is -0.153. The van der Waals surface area contributed by atoms with Crippen LogP contribution >= 0.6 is 0 Å². The first kappa shape index (κ1) is 31.5. The van der Waals surface area contributed by atoms with Crippen LogP contribution in [0.4, 0.5) is 8.78 Å². The van der Waals surface area contributed by atoms with Gasteiger partial charge in [0.25, 0.3) is 0 Å². The Kier molecular flexibility index (Phi) is 8.23. The summed E-state index contributed by atoms with van der Waals surface area (Å²) in [6.07, 6.45) is 3.22. The highest BCUT2D eigenvalue weighted by Gasteiger charge is 2.55. The van der Waals surface area contributed by atoms with Crippen molar-refractivity contribution in [3.8, 4) is 0 Å². The summed E-state index contributed by atoms with van der Waals surface area (Å²) in [6.45, 7) is 11.6. The maximum absolute atomic E-state index is 14.5. The molecule has 2 amide bonds. The van der Waals surface area contributed by atoms with Gasteiger partial charge in [0.2, 0.25) is 11.8 Å². The summed E-state index contributed by atoms with van der Waals surface area (Å²) in [5, 5.41) is 3.23. The molecule has 0 bridgehead atoms. The molecule has 0 aromatic carbocycles. The zero-order valence-corrected chi connectivity index (χ0v) is 25.9. The highest BCUT2D eigenvalue weighted by atomic mass is 19.1. The number of hydrogen-bond donors (Lipinski definition) is 2. The van der Waals surface area contributed by atoms with E-state index in [4.69, 9.17) is 15.2 Å². The summed E-state index contributed by atoms with van der Waals surface area (Å²) in [4.78, 5) is 40.6. The van der Waals surface area contributed by atoms with Gasteiger partial charge in [0.05, 0.1) is 49.7 Å². The topological polar surface area (TPSA) is 135 Å². The van der Waals surface area contributed by atoms with Crippen LogP contribution in [-0.4, -0.2) is 77.1 Å². The average Bonchev–Trinajstić information content (AvgIpc) is 2.99. The van der Waals surface area contributed by atoms with Gasteiger partial charge in [-0.15, -0.1) is 0 Å². The Hall–Kier alpha value is -3.97. The van der Waals surface area contributed by atoms with Crippen LogP contribution in [0.5, 0.6) is 0 Å². The Bertz CT molecular complexity index is 1530. The van der Waals surface area contributed by atoms with Crippen LogP contribution in [-0.2, 0) is 30.1 Å². The standard InChI is InChI=1S/C16H20FN3O2.C15H19FN4O2/c1-9-5-12(14(17)7-18-9)16-8-22-10(2)6-13(16)15(21)20(4)11(3)19-16;1-8-4-10(12(16)6-18-8)15-7-22-9(2)5-11(15)13(21)20(3)14(17)19-15/h5,7,10,13,19H,3,6,8H2,1-2,4H3;4,6,9,11H,5,7H2,1-3H3,(H2,17,19)/t10-,13-,16+;9-,11-,15+/m00/s1. The number of nitrogens with zero attached hydrogens (tertiary/aromatic N) is 5. The molecule has 4 aliphatic heterocycles. The van der Waals surface area contributed by atoms with Crippen LogP contribution in [0.15, 0.2) is 41.9 Å². The van der Waals surface area contributed by atoms with Gasteiger partial charge in [-0.05, 0) is 52.7 Å². The molecule has 0 radical (unpaired) electrons. The van der Waals surface area contributed by atoms with Gasteiger partial charge in [0.1, 0.15) is 28.5 Å². The van der Waals surface area contributed by atoms with Crippen molar-refractivity contribution in [1.29, 1.82) is 0 Å².